The van der Waals surface area contributed by atoms with Gasteiger partial charge in [-0.2, -0.15) is 5.10 Å². The van der Waals surface area contributed by atoms with Crippen molar-refractivity contribution in [2.45, 2.75) is 34.0 Å². The third-order valence-corrected chi connectivity index (χ3v) is 7.36. The minimum absolute atomic E-state index is 0.105. The number of furan rings is 1. The van der Waals surface area contributed by atoms with Crippen LogP contribution in [0.4, 0.5) is 4.39 Å². The van der Waals surface area contributed by atoms with Gasteiger partial charge in [0.05, 0.1) is 12.8 Å². The number of carbonyl (C=O) groups excluding carboxylic acids is 1. The van der Waals surface area contributed by atoms with Crippen LogP contribution in [0.15, 0.2) is 98.9 Å². The molecule has 0 radical (unpaired) electrons. The van der Waals surface area contributed by atoms with Crippen LogP contribution in [0.1, 0.15) is 45.8 Å². The average molecular weight is 661 g/mol. The van der Waals surface area contributed by atoms with Crippen molar-refractivity contribution in [3.8, 4) is 22.9 Å². The molecule has 2 heterocycles. The highest BCUT2D eigenvalue weighted by atomic mass is 79.9. The van der Waals surface area contributed by atoms with Gasteiger partial charge < -0.3 is 23.2 Å². The molecule has 0 aliphatic carbocycles. The summed E-state index contributed by atoms with van der Waals surface area (Å²) < 4.78 is 39.2. The van der Waals surface area contributed by atoms with Gasteiger partial charge in [-0.25, -0.2) is 9.82 Å². The molecule has 1 amide bonds. The molecule has 0 saturated carbocycles. The fraction of sp³-hybridized carbons (Fsp3) is 0.176. The van der Waals surface area contributed by atoms with Crippen LogP contribution in [-0.2, 0) is 13.2 Å². The monoisotopic (exact) mass is 659 g/mol. The van der Waals surface area contributed by atoms with Crippen LogP contribution >= 0.6 is 15.9 Å². The summed E-state index contributed by atoms with van der Waals surface area (Å²) in [5.41, 5.74) is 7.33. The van der Waals surface area contributed by atoms with Gasteiger partial charge in [0.25, 0.3) is 0 Å². The van der Waals surface area contributed by atoms with E-state index in [0.717, 1.165) is 22.6 Å². The summed E-state index contributed by atoms with van der Waals surface area (Å²) in [7, 11) is 0. The Morgan fingerprint density at radius 2 is 1.61 bits per heavy atom. The van der Waals surface area contributed by atoms with Gasteiger partial charge >= 0.3 is 5.91 Å². The molecule has 0 aliphatic rings. The Morgan fingerprint density at radius 1 is 0.909 bits per heavy atom. The lowest BCUT2D eigenvalue weighted by Crippen LogP contribution is -2.16. The number of carbonyl (C=O) groups is 1. The van der Waals surface area contributed by atoms with E-state index >= 15 is 0 Å². The number of nitrogens with one attached hydrogen (secondary N) is 1. The first kappa shape index (κ1) is 30.6. The molecule has 0 spiro atoms. The van der Waals surface area contributed by atoms with Gasteiger partial charge in [0, 0.05) is 27.1 Å². The van der Waals surface area contributed by atoms with E-state index in [0.29, 0.717) is 39.7 Å². The molecular weight excluding hydrogens is 629 g/mol. The molecule has 5 rings (SSSR count). The van der Waals surface area contributed by atoms with Crippen LogP contribution in [0.3, 0.4) is 0 Å². The van der Waals surface area contributed by atoms with Gasteiger partial charge in [0.15, 0.2) is 17.3 Å². The fourth-order valence-corrected chi connectivity index (χ4v) is 4.91. The lowest BCUT2D eigenvalue weighted by Gasteiger charge is -2.14. The zero-order valence-corrected chi connectivity index (χ0v) is 26.1. The standard InChI is InChI=1S/C34H31BrFN3O5/c1-4-41-32-17-25(30(35)18-33(32)43-20-24-7-9-26(36)10-8-24)19-37-38-34(40)31-16-15-29(44-31)21-42-28-13-11-27(12-14-28)39-22(2)5-6-23(39)3/h5-19H,4,20-21H2,1-3H3,(H,38,40)/b37-19+. The van der Waals surface area contributed by atoms with Gasteiger partial charge in [-0.15, -0.1) is 0 Å². The summed E-state index contributed by atoms with van der Waals surface area (Å²) in [6.45, 7) is 6.83. The van der Waals surface area contributed by atoms with Crippen molar-refractivity contribution in [3.63, 3.8) is 0 Å². The van der Waals surface area contributed by atoms with Crippen molar-refractivity contribution in [2.24, 2.45) is 5.10 Å². The van der Waals surface area contributed by atoms with Gasteiger partial charge in [0.1, 0.15) is 30.5 Å². The molecule has 0 unspecified atom stereocenters. The molecule has 5 aromatic rings. The van der Waals surface area contributed by atoms with Crippen molar-refractivity contribution in [3.05, 3.63) is 129 Å². The summed E-state index contributed by atoms with van der Waals surface area (Å²) in [6, 6.07) is 24.8. The first-order chi connectivity index (χ1) is 21.3. The van der Waals surface area contributed by atoms with Crippen LogP contribution in [0.2, 0.25) is 0 Å². The van der Waals surface area contributed by atoms with Crippen molar-refractivity contribution in [1.29, 1.82) is 0 Å². The van der Waals surface area contributed by atoms with E-state index in [4.69, 9.17) is 18.6 Å². The summed E-state index contributed by atoms with van der Waals surface area (Å²) >= 11 is 3.52. The number of halogens is 2. The molecule has 0 aliphatic heterocycles. The number of hydrogen-bond acceptors (Lipinski definition) is 6. The van der Waals surface area contributed by atoms with Gasteiger partial charge in [-0.1, -0.05) is 12.1 Å². The van der Waals surface area contributed by atoms with Crippen molar-refractivity contribution < 1.29 is 27.8 Å². The Bertz CT molecular complexity index is 1740. The summed E-state index contributed by atoms with van der Waals surface area (Å²) in [5.74, 6) is 1.50. The van der Waals surface area contributed by atoms with E-state index in [1.807, 2.05) is 31.2 Å². The average Bonchev–Trinajstić information content (AvgIpc) is 3.64. The SMILES string of the molecule is CCOc1cc(/C=N/NC(=O)c2ccc(COc3ccc(-n4c(C)ccc4C)cc3)o2)c(Br)cc1OCc1ccc(F)cc1. The minimum Gasteiger partial charge on any atom is -0.490 e. The first-order valence-corrected chi connectivity index (χ1v) is 14.7. The largest absolute Gasteiger partial charge is 0.490 e. The molecule has 1 N–H and O–H groups in total. The highest BCUT2D eigenvalue weighted by molar-refractivity contribution is 9.10. The molecule has 44 heavy (non-hydrogen) atoms. The Morgan fingerprint density at radius 3 is 2.32 bits per heavy atom. The number of hydrazone groups is 1. The molecule has 0 saturated heterocycles. The predicted molar refractivity (Wildman–Crippen MR) is 169 cm³/mol. The van der Waals surface area contributed by atoms with E-state index < -0.39 is 5.91 Å². The minimum atomic E-state index is -0.505. The zero-order valence-electron chi connectivity index (χ0n) is 24.5. The predicted octanol–water partition coefficient (Wildman–Crippen LogP) is 7.91. The van der Waals surface area contributed by atoms with Gasteiger partial charge in [0.2, 0.25) is 0 Å². The Balaban J connectivity index is 1.16. The second-order valence-electron chi connectivity index (χ2n) is 9.87. The first-order valence-electron chi connectivity index (χ1n) is 13.9. The zero-order chi connectivity index (χ0) is 31.1. The molecule has 226 valence electrons. The summed E-state index contributed by atoms with van der Waals surface area (Å²) in [4.78, 5) is 12.6. The molecular formula is C34H31BrFN3O5. The number of aromatic nitrogens is 1. The highest BCUT2D eigenvalue weighted by Crippen LogP contribution is 2.34. The number of aryl methyl sites for hydroxylation is 2. The van der Waals surface area contributed by atoms with Crippen LogP contribution in [0.25, 0.3) is 5.69 Å². The second kappa shape index (κ2) is 14.1. The lowest BCUT2D eigenvalue weighted by atomic mass is 10.2. The maximum atomic E-state index is 13.2. The van der Waals surface area contributed by atoms with E-state index in [1.165, 1.54) is 18.3 Å². The quantitative estimate of drug-likeness (QED) is 0.109. The molecule has 2 aromatic heterocycles. The normalized spacial score (nSPS) is 11.1. The molecule has 10 heteroatoms. The van der Waals surface area contributed by atoms with E-state index in [2.05, 4.69) is 57.0 Å². The summed E-state index contributed by atoms with van der Waals surface area (Å²) in [6.07, 6.45) is 1.49. The number of amides is 1. The Labute approximate surface area is 263 Å². The maximum absolute atomic E-state index is 13.2. The molecule has 8 nitrogen and oxygen atoms in total. The van der Waals surface area contributed by atoms with E-state index in [9.17, 15) is 9.18 Å². The Hall–Kier alpha value is -4.83. The van der Waals surface area contributed by atoms with Crippen molar-refractivity contribution >= 4 is 28.1 Å². The topological polar surface area (TPSA) is 87.2 Å². The van der Waals surface area contributed by atoms with Gasteiger partial charge in [-0.05, 0) is 115 Å². The molecule has 0 atom stereocenters. The van der Waals surface area contributed by atoms with Crippen molar-refractivity contribution in [1.82, 2.24) is 9.99 Å². The smallest absolute Gasteiger partial charge is 0.307 e. The lowest BCUT2D eigenvalue weighted by molar-refractivity contribution is 0.0923. The number of rotatable bonds is 12. The number of benzene rings is 3. The Kier molecular flexibility index (Phi) is 9.81. The molecule has 3 aromatic carbocycles. The second-order valence-corrected chi connectivity index (χ2v) is 10.7. The van der Waals surface area contributed by atoms with E-state index in [-0.39, 0.29) is 24.8 Å². The third kappa shape index (κ3) is 7.57. The van der Waals surface area contributed by atoms with Crippen molar-refractivity contribution in [2.75, 3.05) is 6.61 Å². The third-order valence-electron chi connectivity index (χ3n) is 6.67. The van der Waals surface area contributed by atoms with Crippen LogP contribution < -0.4 is 19.6 Å². The molecule has 0 bridgehead atoms. The van der Waals surface area contributed by atoms with Gasteiger partial charge in [-0.3, -0.25) is 4.79 Å². The van der Waals surface area contributed by atoms with Crippen LogP contribution in [0.5, 0.6) is 17.2 Å². The number of nitrogens with zero attached hydrogens (tertiary/aromatic N) is 2. The summed E-state index contributed by atoms with van der Waals surface area (Å²) in [5, 5.41) is 4.08. The fourth-order valence-electron chi connectivity index (χ4n) is 4.49. The number of hydrogen-bond donors (Lipinski definition) is 1. The van der Waals surface area contributed by atoms with Crippen LogP contribution in [0, 0.1) is 19.7 Å². The molecule has 0 fully saturated rings. The van der Waals surface area contributed by atoms with E-state index in [1.54, 1.807) is 36.4 Å². The highest BCUT2D eigenvalue weighted by Gasteiger charge is 2.13. The maximum Gasteiger partial charge on any atom is 0.307 e. The number of ether oxygens (including phenoxy) is 3. The van der Waals surface area contributed by atoms with Crippen LogP contribution in [-0.4, -0.2) is 23.3 Å².